The molecule has 0 fully saturated rings. The summed E-state index contributed by atoms with van der Waals surface area (Å²) in [6, 6.07) is 10.8. The van der Waals surface area contributed by atoms with Gasteiger partial charge >= 0.3 is 5.97 Å². The van der Waals surface area contributed by atoms with Gasteiger partial charge in [-0.1, -0.05) is 12.1 Å². The predicted octanol–water partition coefficient (Wildman–Crippen LogP) is 2.39. The second-order valence-corrected chi connectivity index (χ2v) is 8.35. The van der Waals surface area contributed by atoms with Gasteiger partial charge in [0.05, 0.1) is 28.4 Å². The van der Waals surface area contributed by atoms with Gasteiger partial charge in [0.2, 0.25) is 10.0 Å². The number of sulfonamides is 1. The SMILES string of the molecule is COc1ccc(CCOC(=O)CNS(=O)(=O)c2ccc(SC)c([N+](=O)[O-])c2)cc1. The largest absolute Gasteiger partial charge is 0.497 e. The minimum absolute atomic E-state index is 0.0841. The molecule has 0 unspecified atom stereocenters. The Hall–Kier alpha value is -2.63. The third kappa shape index (κ3) is 6.44. The molecule has 2 aromatic rings. The number of benzene rings is 2. The molecule has 2 rings (SSSR count). The molecule has 0 saturated heterocycles. The molecule has 0 aromatic heterocycles. The number of ether oxygens (including phenoxy) is 2. The first-order valence-electron chi connectivity index (χ1n) is 8.37. The molecule has 0 atom stereocenters. The molecular formula is C18H20N2O7S2. The summed E-state index contributed by atoms with van der Waals surface area (Å²) in [7, 11) is -2.54. The van der Waals surface area contributed by atoms with Crippen molar-refractivity contribution in [3.05, 3.63) is 58.1 Å². The molecule has 1 N–H and O–H groups in total. The van der Waals surface area contributed by atoms with Gasteiger partial charge in [-0.2, -0.15) is 4.72 Å². The number of hydrogen-bond donors (Lipinski definition) is 1. The lowest BCUT2D eigenvalue weighted by Gasteiger charge is -2.09. The lowest BCUT2D eigenvalue weighted by atomic mass is 10.1. The van der Waals surface area contributed by atoms with Crippen LogP contribution in [0.25, 0.3) is 0 Å². The highest BCUT2D eigenvalue weighted by atomic mass is 32.2. The summed E-state index contributed by atoms with van der Waals surface area (Å²) in [5.41, 5.74) is 0.614. The zero-order valence-corrected chi connectivity index (χ0v) is 17.4. The Morgan fingerprint density at radius 3 is 2.48 bits per heavy atom. The molecule has 0 radical (unpaired) electrons. The summed E-state index contributed by atoms with van der Waals surface area (Å²) < 4.78 is 36.8. The number of nitro groups is 1. The van der Waals surface area contributed by atoms with Crippen molar-refractivity contribution < 1.29 is 27.6 Å². The van der Waals surface area contributed by atoms with E-state index >= 15 is 0 Å². The minimum Gasteiger partial charge on any atom is -0.497 e. The minimum atomic E-state index is -4.10. The van der Waals surface area contributed by atoms with Crippen molar-refractivity contribution in [1.82, 2.24) is 4.72 Å². The topological polar surface area (TPSA) is 125 Å². The van der Waals surface area contributed by atoms with Gasteiger partial charge in [-0.15, -0.1) is 11.8 Å². The molecule has 0 aliphatic carbocycles. The monoisotopic (exact) mass is 440 g/mol. The van der Waals surface area contributed by atoms with Crippen molar-refractivity contribution in [3.63, 3.8) is 0 Å². The number of carbonyl (C=O) groups is 1. The molecule has 9 nitrogen and oxygen atoms in total. The van der Waals surface area contributed by atoms with Gasteiger partial charge in [0.25, 0.3) is 5.69 Å². The van der Waals surface area contributed by atoms with E-state index in [2.05, 4.69) is 4.72 Å². The first-order valence-corrected chi connectivity index (χ1v) is 11.1. The fraction of sp³-hybridized carbons (Fsp3) is 0.278. The maximum Gasteiger partial charge on any atom is 0.321 e. The Morgan fingerprint density at radius 1 is 1.21 bits per heavy atom. The average molecular weight is 440 g/mol. The molecular weight excluding hydrogens is 420 g/mol. The fourth-order valence-corrected chi connectivity index (χ4v) is 3.88. The van der Waals surface area contributed by atoms with Crippen molar-refractivity contribution in [2.24, 2.45) is 0 Å². The number of hydrogen-bond acceptors (Lipinski definition) is 8. The number of nitrogens with zero attached hydrogens (tertiary/aromatic N) is 1. The molecule has 29 heavy (non-hydrogen) atoms. The normalized spacial score (nSPS) is 11.1. The molecule has 156 valence electrons. The Labute approximate surface area is 172 Å². The van der Waals surface area contributed by atoms with Crippen LogP contribution in [0.1, 0.15) is 5.56 Å². The number of carbonyl (C=O) groups excluding carboxylic acids is 1. The summed E-state index contributed by atoms with van der Waals surface area (Å²) in [5, 5.41) is 11.1. The third-order valence-electron chi connectivity index (χ3n) is 3.88. The number of thioether (sulfide) groups is 1. The van der Waals surface area contributed by atoms with Gasteiger partial charge < -0.3 is 9.47 Å². The second-order valence-electron chi connectivity index (χ2n) is 5.73. The van der Waals surface area contributed by atoms with Crippen LogP contribution in [0.5, 0.6) is 5.75 Å². The highest BCUT2D eigenvalue weighted by Gasteiger charge is 2.22. The summed E-state index contributed by atoms with van der Waals surface area (Å²) in [4.78, 5) is 22.3. The van der Waals surface area contributed by atoms with Crippen LogP contribution in [0.3, 0.4) is 0 Å². The van der Waals surface area contributed by atoms with Crippen molar-refractivity contribution >= 4 is 33.4 Å². The van der Waals surface area contributed by atoms with Crippen molar-refractivity contribution in [1.29, 1.82) is 0 Å². The fourth-order valence-electron chi connectivity index (χ4n) is 2.34. The summed E-state index contributed by atoms with van der Waals surface area (Å²) in [5.74, 6) is -0.0386. The van der Waals surface area contributed by atoms with E-state index in [1.165, 1.54) is 12.1 Å². The van der Waals surface area contributed by atoms with Crippen LogP contribution >= 0.6 is 11.8 Å². The lowest BCUT2D eigenvalue weighted by molar-refractivity contribution is -0.387. The number of nitrogens with one attached hydrogen (secondary N) is 1. The lowest BCUT2D eigenvalue weighted by Crippen LogP contribution is -2.31. The van der Waals surface area contributed by atoms with Gasteiger partial charge in [-0.25, -0.2) is 8.42 Å². The zero-order chi connectivity index (χ0) is 21.4. The van der Waals surface area contributed by atoms with E-state index in [0.29, 0.717) is 17.1 Å². The van der Waals surface area contributed by atoms with E-state index in [0.717, 1.165) is 23.4 Å². The van der Waals surface area contributed by atoms with Crippen LogP contribution in [-0.2, 0) is 26.0 Å². The smallest absolute Gasteiger partial charge is 0.321 e. The van der Waals surface area contributed by atoms with E-state index in [1.54, 1.807) is 25.5 Å². The third-order valence-corrected chi connectivity index (χ3v) is 6.06. The number of esters is 1. The quantitative estimate of drug-likeness (QED) is 0.258. The van der Waals surface area contributed by atoms with Gasteiger partial charge in [0.15, 0.2) is 0 Å². The van der Waals surface area contributed by atoms with Gasteiger partial charge in [-0.3, -0.25) is 14.9 Å². The summed E-state index contributed by atoms with van der Waals surface area (Å²) in [6.45, 7) is -0.496. The highest BCUT2D eigenvalue weighted by Crippen LogP contribution is 2.29. The van der Waals surface area contributed by atoms with Crippen molar-refractivity contribution in [2.45, 2.75) is 16.2 Å². The molecule has 0 aliphatic rings. The zero-order valence-electron chi connectivity index (χ0n) is 15.8. The first-order chi connectivity index (χ1) is 13.8. The number of nitro benzene ring substituents is 1. The predicted molar refractivity (Wildman–Crippen MR) is 108 cm³/mol. The van der Waals surface area contributed by atoms with Crippen LogP contribution in [0.4, 0.5) is 5.69 Å². The Morgan fingerprint density at radius 2 is 1.90 bits per heavy atom. The average Bonchev–Trinajstić information content (AvgIpc) is 2.72. The summed E-state index contributed by atoms with van der Waals surface area (Å²) in [6.07, 6.45) is 2.11. The standard InChI is InChI=1S/C18H20N2O7S2/c1-26-14-5-3-13(4-6-14)9-10-27-18(21)12-19-29(24,25)15-7-8-17(28-2)16(11-15)20(22)23/h3-8,11,19H,9-10,12H2,1-2H3. The van der Waals surface area contributed by atoms with Crippen LogP contribution < -0.4 is 9.46 Å². The van der Waals surface area contributed by atoms with Crippen molar-refractivity contribution in [2.75, 3.05) is 26.5 Å². The van der Waals surface area contributed by atoms with Gasteiger partial charge in [0, 0.05) is 12.5 Å². The molecule has 11 heteroatoms. The highest BCUT2D eigenvalue weighted by molar-refractivity contribution is 7.98. The number of rotatable bonds is 10. The van der Waals surface area contributed by atoms with E-state index in [1.807, 2.05) is 12.1 Å². The number of methoxy groups -OCH3 is 1. The van der Waals surface area contributed by atoms with Crippen LogP contribution in [-0.4, -0.2) is 45.8 Å². The van der Waals surface area contributed by atoms with E-state index in [-0.39, 0.29) is 17.2 Å². The van der Waals surface area contributed by atoms with Crippen LogP contribution in [0.15, 0.2) is 52.3 Å². The maximum atomic E-state index is 12.3. The molecule has 0 amide bonds. The second kappa shape index (κ2) is 10.2. The maximum absolute atomic E-state index is 12.3. The van der Waals surface area contributed by atoms with E-state index in [9.17, 15) is 23.3 Å². The Balaban J connectivity index is 1.89. The van der Waals surface area contributed by atoms with E-state index < -0.39 is 27.5 Å². The van der Waals surface area contributed by atoms with Crippen LogP contribution in [0.2, 0.25) is 0 Å². The van der Waals surface area contributed by atoms with Gasteiger partial charge in [0.1, 0.15) is 12.3 Å². The Bertz CT molecular complexity index is 976. The van der Waals surface area contributed by atoms with Crippen molar-refractivity contribution in [3.8, 4) is 5.75 Å². The molecule has 0 saturated carbocycles. The van der Waals surface area contributed by atoms with E-state index in [4.69, 9.17) is 9.47 Å². The molecule has 0 spiro atoms. The summed E-state index contributed by atoms with van der Waals surface area (Å²) >= 11 is 1.13. The molecule has 0 heterocycles. The van der Waals surface area contributed by atoms with Crippen LogP contribution in [0, 0.1) is 10.1 Å². The van der Waals surface area contributed by atoms with Gasteiger partial charge in [-0.05, 0) is 36.1 Å². The Kier molecular flexibility index (Phi) is 8.00. The molecule has 0 aliphatic heterocycles. The first kappa shape index (κ1) is 22.7. The molecule has 2 aromatic carbocycles. The molecule has 0 bridgehead atoms.